The van der Waals surface area contributed by atoms with Crippen molar-refractivity contribution in [1.82, 2.24) is 20.1 Å². The number of aromatic amines is 1. The summed E-state index contributed by atoms with van der Waals surface area (Å²) < 4.78 is 6.15. The molecule has 3 N–H and O–H groups in total. The molecular formula is C23H21Cl2N5O5. The summed E-state index contributed by atoms with van der Waals surface area (Å²) in [5.41, 5.74) is 0.899. The van der Waals surface area contributed by atoms with E-state index in [2.05, 4.69) is 20.8 Å². The number of carbonyl (C=O) groups is 3. The number of hydrogen-bond acceptors (Lipinski definition) is 6. The summed E-state index contributed by atoms with van der Waals surface area (Å²) in [5.74, 6) is -1.05. The van der Waals surface area contributed by atoms with Crippen LogP contribution in [0.1, 0.15) is 34.2 Å². The van der Waals surface area contributed by atoms with Crippen LogP contribution in [0.3, 0.4) is 0 Å². The first-order valence-electron chi connectivity index (χ1n) is 10.7. The van der Waals surface area contributed by atoms with Gasteiger partial charge in [-0.05, 0) is 36.2 Å². The number of ether oxygens (including phenoxy) is 1. The number of hydrogen-bond donors (Lipinski definition) is 3. The van der Waals surface area contributed by atoms with Crippen LogP contribution in [0, 0.1) is 0 Å². The SMILES string of the molecule is COC(=O)[C@H](Cc1ccc(NC(=O)c2c(Cl)cccc2Cl)cc1)NC(=O)[C@@H]1CCc2n[nH]c(=O)n21. The molecular weight excluding hydrogens is 497 g/mol. The van der Waals surface area contributed by atoms with Crippen LogP contribution in [0.5, 0.6) is 0 Å². The second-order valence-electron chi connectivity index (χ2n) is 7.91. The van der Waals surface area contributed by atoms with E-state index in [9.17, 15) is 19.2 Å². The highest BCUT2D eigenvalue weighted by Crippen LogP contribution is 2.26. The Morgan fingerprint density at radius 2 is 1.86 bits per heavy atom. The molecule has 2 amide bonds. The van der Waals surface area contributed by atoms with Crippen molar-refractivity contribution in [3.05, 3.63) is 79.9 Å². The number of rotatable bonds is 7. The molecule has 1 aromatic heterocycles. The van der Waals surface area contributed by atoms with E-state index in [0.717, 1.165) is 0 Å². The molecule has 0 aliphatic carbocycles. The molecule has 2 atom stereocenters. The summed E-state index contributed by atoms with van der Waals surface area (Å²) in [4.78, 5) is 49.7. The van der Waals surface area contributed by atoms with Crippen LogP contribution in [0.15, 0.2) is 47.3 Å². The molecule has 0 spiro atoms. The first kappa shape index (κ1) is 24.5. The van der Waals surface area contributed by atoms with Crippen LogP contribution < -0.4 is 16.3 Å². The molecule has 2 heterocycles. The van der Waals surface area contributed by atoms with Gasteiger partial charge in [-0.1, -0.05) is 41.4 Å². The third-order valence-electron chi connectivity index (χ3n) is 5.68. The van der Waals surface area contributed by atoms with E-state index in [0.29, 0.717) is 29.9 Å². The number of anilines is 1. The number of fused-ring (bicyclic) bond motifs is 1. The van der Waals surface area contributed by atoms with Crippen molar-refractivity contribution < 1.29 is 19.1 Å². The second-order valence-corrected chi connectivity index (χ2v) is 8.72. The third kappa shape index (κ3) is 5.23. The van der Waals surface area contributed by atoms with E-state index >= 15 is 0 Å². The lowest BCUT2D eigenvalue weighted by Crippen LogP contribution is -2.46. The highest BCUT2D eigenvalue weighted by Gasteiger charge is 2.34. The fourth-order valence-corrected chi connectivity index (χ4v) is 4.52. The van der Waals surface area contributed by atoms with Gasteiger partial charge in [0.2, 0.25) is 5.91 Å². The predicted molar refractivity (Wildman–Crippen MR) is 129 cm³/mol. The lowest BCUT2D eigenvalue weighted by molar-refractivity contribution is -0.145. The van der Waals surface area contributed by atoms with Crippen molar-refractivity contribution in [3.63, 3.8) is 0 Å². The van der Waals surface area contributed by atoms with E-state index in [1.807, 2.05) is 0 Å². The molecule has 12 heteroatoms. The molecule has 35 heavy (non-hydrogen) atoms. The van der Waals surface area contributed by atoms with Crippen LogP contribution in [-0.4, -0.2) is 45.7 Å². The number of halogens is 2. The van der Waals surface area contributed by atoms with E-state index in [1.165, 1.54) is 11.7 Å². The Labute approximate surface area is 209 Å². The van der Waals surface area contributed by atoms with Crippen molar-refractivity contribution in [3.8, 4) is 0 Å². The molecule has 0 bridgehead atoms. The van der Waals surface area contributed by atoms with Crippen molar-refractivity contribution in [2.75, 3.05) is 12.4 Å². The fraction of sp³-hybridized carbons (Fsp3) is 0.261. The maximum Gasteiger partial charge on any atom is 0.344 e. The van der Waals surface area contributed by atoms with Gasteiger partial charge >= 0.3 is 11.7 Å². The fourth-order valence-electron chi connectivity index (χ4n) is 3.95. The second kappa shape index (κ2) is 10.3. The number of aromatic nitrogens is 3. The van der Waals surface area contributed by atoms with Crippen molar-refractivity contribution in [2.24, 2.45) is 0 Å². The molecule has 0 radical (unpaired) electrons. The van der Waals surface area contributed by atoms with Gasteiger partial charge in [-0.25, -0.2) is 14.7 Å². The maximum atomic E-state index is 12.9. The molecule has 0 saturated heterocycles. The standard InChI is InChI=1S/C23H21Cl2N5O5/c1-35-22(33)16(27-20(31)17-9-10-18-28-29-23(34)30(17)18)11-12-5-7-13(8-6-12)26-21(32)19-14(24)3-2-4-15(19)25/h2-8,16-17H,9-11H2,1H3,(H,26,32)(H,27,31)(H,29,34)/t16-,17-/m0/s1. The average Bonchev–Trinajstić information content (AvgIpc) is 3.42. The van der Waals surface area contributed by atoms with Crippen LogP contribution >= 0.6 is 23.2 Å². The monoisotopic (exact) mass is 517 g/mol. The Morgan fingerprint density at radius 3 is 2.51 bits per heavy atom. The maximum absolute atomic E-state index is 12.9. The Hall–Kier alpha value is -3.63. The molecule has 10 nitrogen and oxygen atoms in total. The van der Waals surface area contributed by atoms with Gasteiger partial charge in [-0.2, -0.15) is 5.10 Å². The minimum Gasteiger partial charge on any atom is -0.467 e. The minimum atomic E-state index is -0.971. The summed E-state index contributed by atoms with van der Waals surface area (Å²) in [6.07, 6.45) is 1.03. The average molecular weight is 518 g/mol. The van der Waals surface area contributed by atoms with Gasteiger partial charge in [0.25, 0.3) is 5.91 Å². The Balaban J connectivity index is 1.43. The molecule has 0 fully saturated rings. The predicted octanol–water partition coefficient (Wildman–Crippen LogP) is 2.52. The van der Waals surface area contributed by atoms with Gasteiger partial charge in [-0.15, -0.1) is 0 Å². The quantitative estimate of drug-likeness (QED) is 0.412. The number of carbonyl (C=O) groups excluding carboxylic acids is 3. The minimum absolute atomic E-state index is 0.142. The van der Waals surface area contributed by atoms with Gasteiger partial charge in [0.1, 0.15) is 17.9 Å². The van der Waals surface area contributed by atoms with Crippen LogP contribution in [0.2, 0.25) is 10.0 Å². The molecule has 182 valence electrons. The highest BCUT2D eigenvalue weighted by atomic mass is 35.5. The number of methoxy groups -OCH3 is 1. The van der Waals surface area contributed by atoms with Crippen LogP contribution in [0.4, 0.5) is 5.69 Å². The lowest BCUT2D eigenvalue weighted by Gasteiger charge is -2.19. The Bertz CT molecular complexity index is 1310. The van der Waals surface area contributed by atoms with E-state index in [1.54, 1.807) is 42.5 Å². The summed E-state index contributed by atoms with van der Waals surface area (Å²) in [7, 11) is 1.23. The summed E-state index contributed by atoms with van der Waals surface area (Å²) in [6, 6.07) is 9.79. The Morgan fingerprint density at radius 1 is 1.17 bits per heavy atom. The largest absolute Gasteiger partial charge is 0.467 e. The Kier molecular flexibility index (Phi) is 7.23. The molecule has 4 rings (SSSR count). The van der Waals surface area contributed by atoms with Crippen molar-refractivity contribution >= 4 is 46.7 Å². The number of nitrogens with one attached hydrogen (secondary N) is 3. The third-order valence-corrected chi connectivity index (χ3v) is 6.31. The summed E-state index contributed by atoms with van der Waals surface area (Å²) in [6.45, 7) is 0. The normalized spacial score (nSPS) is 15.2. The van der Waals surface area contributed by atoms with Crippen molar-refractivity contribution in [2.45, 2.75) is 31.3 Å². The molecule has 0 saturated carbocycles. The summed E-state index contributed by atoms with van der Waals surface area (Å²) in [5, 5.41) is 12.1. The zero-order valence-electron chi connectivity index (χ0n) is 18.5. The lowest BCUT2D eigenvalue weighted by atomic mass is 10.0. The van der Waals surface area contributed by atoms with E-state index in [4.69, 9.17) is 27.9 Å². The highest BCUT2D eigenvalue weighted by molar-refractivity contribution is 6.40. The number of H-pyrrole nitrogens is 1. The number of nitrogens with zero attached hydrogens (tertiary/aromatic N) is 2. The zero-order valence-corrected chi connectivity index (χ0v) is 20.0. The van der Waals surface area contributed by atoms with E-state index in [-0.39, 0.29) is 22.0 Å². The van der Waals surface area contributed by atoms with Crippen LogP contribution in [-0.2, 0) is 27.2 Å². The molecule has 2 aromatic carbocycles. The van der Waals surface area contributed by atoms with Gasteiger partial charge in [0.05, 0.1) is 22.7 Å². The van der Waals surface area contributed by atoms with Gasteiger partial charge in [-0.3, -0.25) is 14.2 Å². The first-order chi connectivity index (χ1) is 16.8. The number of benzene rings is 2. The van der Waals surface area contributed by atoms with E-state index < -0.39 is 35.6 Å². The number of aryl methyl sites for hydroxylation is 1. The van der Waals surface area contributed by atoms with Crippen molar-refractivity contribution in [1.29, 1.82) is 0 Å². The van der Waals surface area contributed by atoms with Crippen LogP contribution in [0.25, 0.3) is 0 Å². The molecule has 0 unspecified atom stereocenters. The smallest absolute Gasteiger partial charge is 0.344 e. The molecule has 1 aliphatic heterocycles. The topological polar surface area (TPSA) is 135 Å². The van der Waals surface area contributed by atoms with Gasteiger partial charge in [0, 0.05) is 18.5 Å². The number of esters is 1. The molecule has 1 aliphatic rings. The zero-order chi connectivity index (χ0) is 25.1. The molecule has 3 aromatic rings. The summed E-state index contributed by atoms with van der Waals surface area (Å²) >= 11 is 12.2. The van der Waals surface area contributed by atoms with Gasteiger partial charge < -0.3 is 15.4 Å². The first-order valence-corrected chi connectivity index (χ1v) is 11.4. The number of amides is 2. The van der Waals surface area contributed by atoms with Gasteiger partial charge in [0.15, 0.2) is 0 Å².